The van der Waals surface area contributed by atoms with E-state index in [9.17, 15) is 24.3 Å². The largest absolute Gasteiger partial charge is 1.00 e. The van der Waals surface area contributed by atoms with E-state index in [1.165, 1.54) is 0 Å². The van der Waals surface area contributed by atoms with Crippen molar-refractivity contribution in [3.8, 4) is 0 Å². The summed E-state index contributed by atoms with van der Waals surface area (Å²) in [5, 5.41) is 14.0. The van der Waals surface area contributed by atoms with Gasteiger partial charge in [-0.15, -0.1) is 0 Å². The maximum atomic E-state index is 13.8. The first kappa shape index (κ1) is 32.3. The number of hydrogen-bond donors (Lipinski definition) is 1. The number of carbonyl (C=O) groups is 4. The number of nitrogens with one attached hydrogen (secondary N) is 1. The van der Waals surface area contributed by atoms with Gasteiger partial charge >= 0.3 is 35.5 Å². The number of carbonyl (C=O) groups excluding carboxylic acids is 4. The van der Waals surface area contributed by atoms with E-state index < -0.39 is 18.0 Å². The van der Waals surface area contributed by atoms with Crippen LogP contribution >= 0.6 is 11.6 Å². The third kappa shape index (κ3) is 8.20. The molecular weight excluding hydrogens is 555 g/mol. The minimum absolute atomic E-state index is 0. The maximum Gasteiger partial charge on any atom is 1.00 e. The average Bonchev–Trinajstić information content (AvgIpc) is 3.07. The van der Waals surface area contributed by atoms with Gasteiger partial charge in [-0.05, 0) is 93.1 Å². The van der Waals surface area contributed by atoms with Gasteiger partial charge in [0.15, 0.2) is 0 Å². The molecule has 0 aromatic heterocycles. The smallest absolute Gasteiger partial charge is 0.550 e. The summed E-state index contributed by atoms with van der Waals surface area (Å²) in [6.45, 7) is 4.09. The molecule has 10 heteroatoms. The van der Waals surface area contributed by atoms with Gasteiger partial charge in [0.1, 0.15) is 6.10 Å². The number of esters is 1. The Bertz CT molecular complexity index is 1460. The standard InChI is InChI=1S/C31H31ClN2O6.Na/c1-19-7-3-4-8-23(19)30(38)33-22-13-14-24(20(2)17-22)31(39)34-16-6-9-27(25-18-21(32)12-15-26(25)34)40-29(37)11-5-10-28(35)36;/h3-4,7-8,12-15,17-18,27H,5-6,9-11,16H2,1-2H3,(H,33,38)(H,35,36);/q;+1/p-1. The van der Waals surface area contributed by atoms with Gasteiger partial charge in [0.05, 0.1) is 5.69 Å². The molecule has 0 saturated carbocycles. The Hall–Kier alpha value is -3.17. The molecule has 41 heavy (non-hydrogen) atoms. The number of fused-ring (bicyclic) bond motifs is 1. The minimum Gasteiger partial charge on any atom is -0.550 e. The number of nitrogens with zero attached hydrogens (tertiary/aromatic N) is 1. The number of anilines is 2. The molecule has 1 N–H and O–H groups in total. The van der Waals surface area contributed by atoms with Gasteiger partial charge in [-0.25, -0.2) is 0 Å². The molecule has 208 valence electrons. The van der Waals surface area contributed by atoms with E-state index in [-0.39, 0.29) is 60.6 Å². The van der Waals surface area contributed by atoms with Crippen LogP contribution in [0, 0.1) is 13.8 Å². The van der Waals surface area contributed by atoms with Crippen LogP contribution in [-0.2, 0) is 14.3 Å². The number of benzene rings is 3. The van der Waals surface area contributed by atoms with Gasteiger partial charge < -0.3 is 24.9 Å². The van der Waals surface area contributed by atoms with E-state index in [0.717, 1.165) is 5.56 Å². The van der Waals surface area contributed by atoms with Crippen LogP contribution in [0.15, 0.2) is 60.7 Å². The van der Waals surface area contributed by atoms with Gasteiger partial charge in [0, 0.05) is 46.3 Å². The van der Waals surface area contributed by atoms with Crippen molar-refractivity contribution in [3.63, 3.8) is 0 Å². The Morgan fingerprint density at radius 3 is 2.44 bits per heavy atom. The average molecular weight is 585 g/mol. The number of ether oxygens (including phenoxy) is 1. The van der Waals surface area contributed by atoms with E-state index in [1.807, 2.05) is 32.0 Å². The monoisotopic (exact) mass is 584 g/mol. The normalized spacial score (nSPS) is 14.2. The molecule has 3 aromatic rings. The molecule has 1 heterocycles. The van der Waals surface area contributed by atoms with E-state index in [4.69, 9.17) is 16.3 Å². The van der Waals surface area contributed by atoms with Crippen LogP contribution in [0.4, 0.5) is 11.4 Å². The van der Waals surface area contributed by atoms with Crippen LogP contribution in [0.25, 0.3) is 0 Å². The first-order valence-electron chi connectivity index (χ1n) is 13.1. The number of aliphatic carboxylic acids is 1. The number of carboxylic acids is 1. The predicted octanol–water partition coefficient (Wildman–Crippen LogP) is 2.16. The van der Waals surface area contributed by atoms with Crippen LogP contribution in [0.3, 0.4) is 0 Å². The number of aryl methyl sites for hydroxylation is 2. The Kier molecular flexibility index (Phi) is 11.5. The molecule has 3 aromatic carbocycles. The molecule has 2 amide bonds. The Labute approximate surface area is 266 Å². The summed E-state index contributed by atoms with van der Waals surface area (Å²) in [4.78, 5) is 51.3. The molecule has 0 fully saturated rings. The first-order chi connectivity index (χ1) is 19.1. The van der Waals surface area contributed by atoms with Crippen molar-refractivity contribution in [3.05, 3.63) is 93.5 Å². The van der Waals surface area contributed by atoms with Crippen LogP contribution in [-0.4, -0.2) is 30.3 Å². The second-order valence-electron chi connectivity index (χ2n) is 9.80. The van der Waals surface area contributed by atoms with Crippen molar-refractivity contribution in [2.75, 3.05) is 16.8 Å². The van der Waals surface area contributed by atoms with E-state index in [1.54, 1.807) is 47.4 Å². The molecule has 0 saturated heterocycles. The molecule has 4 rings (SSSR count). The summed E-state index contributed by atoms with van der Waals surface area (Å²) in [6, 6.07) is 17.6. The molecule has 0 radical (unpaired) electrons. The van der Waals surface area contributed by atoms with Crippen LogP contribution < -0.4 is 44.9 Å². The molecule has 0 spiro atoms. The number of rotatable bonds is 8. The van der Waals surface area contributed by atoms with Gasteiger partial charge in [-0.1, -0.05) is 29.8 Å². The van der Waals surface area contributed by atoms with Gasteiger partial charge in [-0.3, -0.25) is 14.4 Å². The zero-order chi connectivity index (χ0) is 28.8. The van der Waals surface area contributed by atoms with E-state index >= 15 is 0 Å². The second-order valence-corrected chi connectivity index (χ2v) is 10.2. The van der Waals surface area contributed by atoms with Crippen LogP contribution in [0.1, 0.15) is 75.6 Å². The predicted molar refractivity (Wildman–Crippen MR) is 150 cm³/mol. The molecule has 1 aliphatic heterocycles. The zero-order valence-electron chi connectivity index (χ0n) is 23.4. The fourth-order valence-electron chi connectivity index (χ4n) is 4.82. The fraction of sp³-hybridized carbons (Fsp3) is 0.290. The van der Waals surface area contributed by atoms with Gasteiger partial charge in [0.2, 0.25) is 0 Å². The summed E-state index contributed by atoms with van der Waals surface area (Å²) in [5.74, 6) is -2.18. The maximum absolute atomic E-state index is 13.8. The fourth-order valence-corrected chi connectivity index (χ4v) is 5.00. The number of hydrogen-bond acceptors (Lipinski definition) is 6. The number of amides is 2. The summed E-state index contributed by atoms with van der Waals surface area (Å²) in [5.41, 5.74) is 4.41. The molecule has 1 atom stereocenters. The van der Waals surface area contributed by atoms with Crippen molar-refractivity contribution < 1.29 is 58.6 Å². The third-order valence-corrected chi connectivity index (χ3v) is 7.10. The number of carboxylic acid groups (broad SMARTS) is 1. The zero-order valence-corrected chi connectivity index (χ0v) is 26.1. The Balaban J connectivity index is 0.00000462. The third-order valence-electron chi connectivity index (χ3n) is 6.86. The molecule has 1 unspecified atom stereocenters. The summed E-state index contributed by atoms with van der Waals surface area (Å²) < 4.78 is 5.70. The van der Waals surface area contributed by atoms with E-state index in [2.05, 4.69) is 5.32 Å². The van der Waals surface area contributed by atoms with Crippen molar-refractivity contribution in [2.24, 2.45) is 0 Å². The van der Waals surface area contributed by atoms with E-state index in [0.29, 0.717) is 58.0 Å². The quantitative estimate of drug-likeness (QED) is 0.320. The van der Waals surface area contributed by atoms with Crippen LogP contribution in [0.5, 0.6) is 0 Å². The van der Waals surface area contributed by atoms with Gasteiger partial charge in [0.25, 0.3) is 11.8 Å². The molecule has 1 aliphatic rings. The molecule has 0 aliphatic carbocycles. The van der Waals surface area contributed by atoms with Crippen molar-refractivity contribution >= 4 is 46.7 Å². The Morgan fingerprint density at radius 1 is 0.976 bits per heavy atom. The first-order valence-corrected chi connectivity index (χ1v) is 13.5. The molecular formula is C31H30ClN2NaO6. The molecule has 8 nitrogen and oxygen atoms in total. The van der Waals surface area contributed by atoms with Crippen molar-refractivity contribution in [1.82, 2.24) is 0 Å². The summed E-state index contributed by atoms with van der Waals surface area (Å²) in [6.07, 6.45) is 0.279. The summed E-state index contributed by atoms with van der Waals surface area (Å²) >= 11 is 6.28. The van der Waals surface area contributed by atoms with Crippen molar-refractivity contribution in [1.29, 1.82) is 0 Å². The topological polar surface area (TPSA) is 116 Å². The molecule has 0 bridgehead atoms. The van der Waals surface area contributed by atoms with Crippen LogP contribution in [0.2, 0.25) is 5.02 Å². The summed E-state index contributed by atoms with van der Waals surface area (Å²) in [7, 11) is 0. The Morgan fingerprint density at radius 2 is 1.73 bits per heavy atom. The SMILES string of the molecule is Cc1ccccc1C(=O)Nc1ccc(C(=O)N2CCCC(OC(=O)CCCC(=O)[O-])c3cc(Cl)ccc32)c(C)c1.[Na+]. The second kappa shape index (κ2) is 14.6. The van der Waals surface area contributed by atoms with Gasteiger partial charge in [-0.2, -0.15) is 0 Å². The number of halogens is 1. The van der Waals surface area contributed by atoms with Crippen molar-refractivity contribution in [2.45, 2.75) is 52.1 Å². The minimum atomic E-state index is -1.22.